The maximum atomic E-state index is 13.3. The van der Waals surface area contributed by atoms with Crippen LogP contribution in [0.4, 0.5) is 8.78 Å². The minimum Gasteiger partial charge on any atom is -0.496 e. The molecule has 0 saturated heterocycles. The van der Waals surface area contributed by atoms with Crippen LogP contribution in [0.3, 0.4) is 0 Å². The first-order chi connectivity index (χ1) is 17.3. The van der Waals surface area contributed by atoms with Gasteiger partial charge in [0.2, 0.25) is 11.7 Å². The number of carbonyl (C=O) groups is 1. The molecule has 2 N–H and O–H groups in total. The number of carbonyl (C=O) groups excluding carboxylic acids is 1. The molecule has 5 rings (SSSR count). The monoisotopic (exact) mass is 500 g/mol. The lowest BCUT2D eigenvalue weighted by molar-refractivity contribution is -0.0502. The minimum absolute atomic E-state index is 0.0366. The molecule has 0 radical (unpaired) electrons. The lowest BCUT2D eigenvalue weighted by Crippen LogP contribution is -2.47. The molecule has 2 aromatic heterocycles. The zero-order chi connectivity index (χ0) is 25.3. The number of nitrogens with zero attached hydrogens (tertiary/aromatic N) is 3. The van der Waals surface area contributed by atoms with E-state index in [1.54, 1.807) is 28.9 Å². The third-order valence-corrected chi connectivity index (χ3v) is 6.96. The summed E-state index contributed by atoms with van der Waals surface area (Å²) in [6.07, 6.45) is 10.8. The summed E-state index contributed by atoms with van der Waals surface area (Å²) in [5, 5.41) is 0. The van der Waals surface area contributed by atoms with E-state index < -0.39 is 6.61 Å². The van der Waals surface area contributed by atoms with Crippen molar-refractivity contribution < 1.29 is 27.8 Å². The number of halogens is 2. The summed E-state index contributed by atoms with van der Waals surface area (Å²) < 4.78 is 44.3. The number of rotatable bonds is 10. The third-order valence-electron chi connectivity index (χ3n) is 6.96. The van der Waals surface area contributed by atoms with Gasteiger partial charge in [-0.1, -0.05) is 19.3 Å². The molecule has 0 atom stereocenters. The molecule has 2 fully saturated rings. The number of nitrogens with two attached hydrogens (primary N) is 1. The molecule has 0 unspecified atom stereocenters. The topological polar surface area (TPSA) is 101 Å². The molecule has 0 amide bonds. The first-order valence-corrected chi connectivity index (χ1v) is 12.3. The molecule has 2 aliphatic carbocycles. The number of benzene rings is 1. The fourth-order valence-corrected chi connectivity index (χ4v) is 4.82. The third kappa shape index (κ3) is 5.28. The van der Waals surface area contributed by atoms with Gasteiger partial charge in [0.1, 0.15) is 23.7 Å². The Balaban J connectivity index is 1.44. The molecule has 0 aliphatic heterocycles. The van der Waals surface area contributed by atoms with Gasteiger partial charge in [0.25, 0.3) is 0 Å². The van der Waals surface area contributed by atoms with Gasteiger partial charge in [-0.05, 0) is 43.7 Å². The maximum Gasteiger partial charge on any atom is 0.387 e. The highest BCUT2D eigenvalue weighted by molar-refractivity contribution is 6.02. The molecule has 10 heteroatoms. The molecule has 2 heterocycles. The molecule has 192 valence electrons. The highest BCUT2D eigenvalue weighted by Gasteiger charge is 2.30. The van der Waals surface area contributed by atoms with Crippen molar-refractivity contribution in [2.24, 2.45) is 11.7 Å². The van der Waals surface area contributed by atoms with E-state index in [1.165, 1.54) is 19.6 Å². The van der Waals surface area contributed by atoms with Gasteiger partial charge in [0.15, 0.2) is 5.78 Å². The van der Waals surface area contributed by atoms with Crippen molar-refractivity contribution in [3.05, 3.63) is 36.2 Å². The second-order valence-electron chi connectivity index (χ2n) is 9.79. The Morgan fingerprint density at radius 2 is 1.97 bits per heavy atom. The molecule has 3 aromatic rings. The molecule has 8 nitrogen and oxygen atoms in total. The molecule has 1 aromatic carbocycles. The van der Waals surface area contributed by atoms with E-state index in [0.29, 0.717) is 29.5 Å². The molecule has 36 heavy (non-hydrogen) atoms. The quantitative estimate of drug-likeness (QED) is 0.390. The second kappa shape index (κ2) is 10.0. The zero-order valence-electron chi connectivity index (χ0n) is 20.2. The summed E-state index contributed by atoms with van der Waals surface area (Å²) in [6.45, 7) is -2.71. The van der Waals surface area contributed by atoms with E-state index in [4.69, 9.17) is 19.9 Å². The Morgan fingerprint density at radius 1 is 1.22 bits per heavy atom. The van der Waals surface area contributed by atoms with Crippen molar-refractivity contribution in [1.82, 2.24) is 14.4 Å². The first kappa shape index (κ1) is 24.4. The number of alkyl halides is 2. The van der Waals surface area contributed by atoms with Crippen molar-refractivity contribution >= 4 is 11.6 Å². The first-order valence-electron chi connectivity index (χ1n) is 12.3. The number of ketones is 1. The van der Waals surface area contributed by atoms with Gasteiger partial charge >= 0.3 is 6.61 Å². The van der Waals surface area contributed by atoms with E-state index in [9.17, 15) is 13.6 Å². The Hall–Kier alpha value is -3.27. The number of fused-ring (bicyclic) bond motifs is 1. The fraction of sp³-hybridized carbons (Fsp3) is 0.500. The van der Waals surface area contributed by atoms with E-state index in [1.807, 2.05) is 0 Å². The van der Waals surface area contributed by atoms with Crippen molar-refractivity contribution in [2.75, 3.05) is 13.7 Å². The highest BCUT2D eigenvalue weighted by atomic mass is 19.3. The average Bonchev–Trinajstić information content (AvgIpc) is 3.57. The lowest BCUT2D eigenvalue weighted by Gasteiger charge is -2.32. The SMILES string of the molecule is COc1cc(-c2cnc3nc(OCC4(N)CCCCC4)ccn23)cc(OC(F)F)c1C(=O)CC1CC1. The highest BCUT2D eigenvalue weighted by Crippen LogP contribution is 2.40. The standard InChI is InChI=1S/C26H30F2N4O4/c1-34-20-12-17(13-21(36-24(27)28)23(20)19(33)11-16-5-6-16)18-14-30-25-31-22(7-10-32(18)25)35-15-26(29)8-3-2-4-9-26/h7,10,12-14,16,24H,2-6,8-9,11,15,29H2,1H3. The minimum atomic E-state index is -3.09. The van der Waals surface area contributed by atoms with Gasteiger partial charge in [-0.25, -0.2) is 4.98 Å². The van der Waals surface area contributed by atoms with Crippen molar-refractivity contribution in [2.45, 2.75) is 63.5 Å². The van der Waals surface area contributed by atoms with Crippen LogP contribution in [0.15, 0.2) is 30.6 Å². The van der Waals surface area contributed by atoms with Crippen molar-refractivity contribution in [3.63, 3.8) is 0 Å². The fourth-order valence-electron chi connectivity index (χ4n) is 4.82. The second-order valence-corrected chi connectivity index (χ2v) is 9.79. The molecular weight excluding hydrogens is 470 g/mol. The Bertz CT molecular complexity index is 1250. The maximum absolute atomic E-state index is 13.3. The number of imidazole rings is 1. The number of hydrogen-bond donors (Lipinski definition) is 1. The lowest BCUT2D eigenvalue weighted by atomic mass is 9.83. The van der Waals surface area contributed by atoms with Crippen LogP contribution in [0, 0.1) is 5.92 Å². The summed E-state index contributed by atoms with van der Waals surface area (Å²) in [6, 6.07) is 4.77. The number of methoxy groups -OCH3 is 1. The van der Waals surface area contributed by atoms with Gasteiger partial charge in [0, 0.05) is 24.2 Å². The smallest absolute Gasteiger partial charge is 0.387 e. The largest absolute Gasteiger partial charge is 0.496 e. The van der Waals surface area contributed by atoms with Crippen LogP contribution in [0.1, 0.15) is 61.7 Å². The van der Waals surface area contributed by atoms with E-state index >= 15 is 0 Å². The van der Waals surface area contributed by atoms with Crippen LogP contribution in [-0.2, 0) is 0 Å². The normalized spacial score (nSPS) is 17.4. The van der Waals surface area contributed by atoms with Crippen LogP contribution in [0.2, 0.25) is 0 Å². The zero-order valence-corrected chi connectivity index (χ0v) is 20.2. The Kier molecular flexibility index (Phi) is 6.79. The Morgan fingerprint density at radius 3 is 2.67 bits per heavy atom. The van der Waals surface area contributed by atoms with Crippen LogP contribution < -0.4 is 19.9 Å². The van der Waals surface area contributed by atoms with Crippen LogP contribution in [0.25, 0.3) is 17.0 Å². The average molecular weight is 501 g/mol. The van der Waals surface area contributed by atoms with Crippen LogP contribution in [0.5, 0.6) is 17.4 Å². The number of Topliss-reactive ketones (excluding diaryl/α,β-unsaturated/α-hetero) is 1. The summed E-state index contributed by atoms with van der Waals surface area (Å²) in [5.74, 6) is 0.770. The van der Waals surface area contributed by atoms with Gasteiger partial charge in [0.05, 0.1) is 24.5 Å². The van der Waals surface area contributed by atoms with Crippen molar-refractivity contribution in [3.8, 4) is 28.6 Å². The molecule has 0 bridgehead atoms. The number of aromatic nitrogens is 3. The van der Waals surface area contributed by atoms with Gasteiger partial charge in [-0.15, -0.1) is 0 Å². The molecule has 0 spiro atoms. The van der Waals surface area contributed by atoms with E-state index in [0.717, 1.165) is 38.5 Å². The van der Waals surface area contributed by atoms with Crippen molar-refractivity contribution in [1.29, 1.82) is 0 Å². The molecule has 2 saturated carbocycles. The van der Waals surface area contributed by atoms with E-state index in [2.05, 4.69) is 9.97 Å². The summed E-state index contributed by atoms with van der Waals surface area (Å²) >= 11 is 0. The van der Waals surface area contributed by atoms with Crippen LogP contribution in [-0.4, -0.2) is 46.0 Å². The molecular formula is C26H30F2N4O4. The number of ether oxygens (including phenoxy) is 3. The predicted octanol–water partition coefficient (Wildman–Crippen LogP) is 5.03. The predicted molar refractivity (Wildman–Crippen MR) is 129 cm³/mol. The van der Waals surface area contributed by atoms with E-state index in [-0.39, 0.29) is 40.7 Å². The Labute approximate surface area is 207 Å². The summed E-state index contributed by atoms with van der Waals surface area (Å²) in [5.41, 5.74) is 7.23. The summed E-state index contributed by atoms with van der Waals surface area (Å²) in [7, 11) is 1.40. The van der Waals surface area contributed by atoms with Gasteiger partial charge in [-0.3, -0.25) is 9.20 Å². The number of hydrogen-bond acceptors (Lipinski definition) is 7. The van der Waals surface area contributed by atoms with Gasteiger partial charge in [-0.2, -0.15) is 13.8 Å². The molecule has 2 aliphatic rings. The summed E-state index contributed by atoms with van der Waals surface area (Å²) in [4.78, 5) is 21.7. The van der Waals surface area contributed by atoms with Crippen LogP contribution >= 0.6 is 0 Å². The van der Waals surface area contributed by atoms with Gasteiger partial charge < -0.3 is 19.9 Å².